The smallest absolute Gasteiger partial charge is 0.250 e. The molecule has 5 heteroatoms. The molecule has 0 aliphatic rings. The number of pyridine rings is 2. The maximum Gasteiger partial charge on any atom is 0.250 e. The van der Waals surface area contributed by atoms with E-state index in [4.69, 9.17) is 4.74 Å². The Bertz CT molecular complexity index is 906. The molecule has 27 heavy (non-hydrogen) atoms. The van der Waals surface area contributed by atoms with E-state index in [9.17, 15) is 4.79 Å². The molecule has 0 amide bonds. The standard InChI is InChI=1S/C22H27N3O2/c1-25-21-9-8-20(16-19(21)7-10-22(25)26)27-15-4-2-3-12-23-14-11-18-6-5-13-24-17-18/h5-10,13,16-17,23H,2-4,11-12,14-15H2,1H3. The molecule has 2 heterocycles. The Labute approximate surface area is 160 Å². The summed E-state index contributed by atoms with van der Waals surface area (Å²) in [7, 11) is 1.79. The third kappa shape index (κ3) is 5.66. The zero-order valence-electron chi connectivity index (χ0n) is 15.9. The van der Waals surface area contributed by atoms with Crippen LogP contribution in [0.1, 0.15) is 24.8 Å². The average molecular weight is 365 g/mol. The Balaban J connectivity index is 1.29. The predicted molar refractivity (Wildman–Crippen MR) is 109 cm³/mol. The maximum absolute atomic E-state index is 11.7. The van der Waals surface area contributed by atoms with Gasteiger partial charge in [0.25, 0.3) is 5.56 Å². The number of fused-ring (bicyclic) bond motifs is 1. The number of aromatic nitrogens is 2. The van der Waals surface area contributed by atoms with Gasteiger partial charge in [-0.1, -0.05) is 6.07 Å². The first-order valence-electron chi connectivity index (χ1n) is 9.56. The summed E-state index contributed by atoms with van der Waals surface area (Å²) in [5.74, 6) is 0.857. The van der Waals surface area contributed by atoms with Crippen molar-refractivity contribution in [2.24, 2.45) is 7.05 Å². The number of benzene rings is 1. The van der Waals surface area contributed by atoms with Gasteiger partial charge in [-0.3, -0.25) is 9.78 Å². The lowest BCUT2D eigenvalue weighted by Gasteiger charge is -2.09. The molecule has 142 valence electrons. The van der Waals surface area contributed by atoms with E-state index in [1.807, 2.05) is 36.5 Å². The molecule has 0 saturated heterocycles. The topological polar surface area (TPSA) is 56.1 Å². The van der Waals surface area contributed by atoms with E-state index in [2.05, 4.69) is 16.4 Å². The molecule has 0 aliphatic heterocycles. The first kappa shape index (κ1) is 19.1. The van der Waals surface area contributed by atoms with Gasteiger partial charge < -0.3 is 14.6 Å². The van der Waals surface area contributed by atoms with E-state index in [0.717, 1.165) is 55.4 Å². The lowest BCUT2D eigenvalue weighted by atomic mass is 10.2. The largest absolute Gasteiger partial charge is 0.494 e. The highest BCUT2D eigenvalue weighted by molar-refractivity contribution is 5.80. The third-order valence-corrected chi connectivity index (χ3v) is 4.68. The molecular weight excluding hydrogens is 338 g/mol. The summed E-state index contributed by atoms with van der Waals surface area (Å²) in [6.07, 6.45) is 8.07. The molecule has 1 N–H and O–H groups in total. The Morgan fingerprint density at radius 3 is 2.85 bits per heavy atom. The monoisotopic (exact) mass is 365 g/mol. The van der Waals surface area contributed by atoms with E-state index in [1.54, 1.807) is 23.9 Å². The van der Waals surface area contributed by atoms with Crippen molar-refractivity contribution < 1.29 is 4.74 Å². The summed E-state index contributed by atoms with van der Waals surface area (Å²) in [6, 6.07) is 13.4. The number of rotatable bonds is 10. The van der Waals surface area contributed by atoms with E-state index < -0.39 is 0 Å². The van der Waals surface area contributed by atoms with Gasteiger partial charge in [-0.15, -0.1) is 0 Å². The molecule has 0 radical (unpaired) electrons. The molecule has 0 saturated carbocycles. The van der Waals surface area contributed by atoms with Crippen molar-refractivity contribution in [1.29, 1.82) is 0 Å². The number of aryl methyl sites for hydroxylation is 1. The molecule has 3 aromatic rings. The highest BCUT2D eigenvalue weighted by Gasteiger charge is 2.01. The van der Waals surface area contributed by atoms with Crippen LogP contribution in [0.15, 0.2) is 59.7 Å². The van der Waals surface area contributed by atoms with Gasteiger partial charge in [0, 0.05) is 30.9 Å². The molecule has 0 aliphatic carbocycles. The van der Waals surface area contributed by atoms with E-state index >= 15 is 0 Å². The van der Waals surface area contributed by atoms with Gasteiger partial charge in [0.15, 0.2) is 0 Å². The lowest BCUT2D eigenvalue weighted by Crippen LogP contribution is -2.18. The van der Waals surface area contributed by atoms with Crippen molar-refractivity contribution in [3.63, 3.8) is 0 Å². The van der Waals surface area contributed by atoms with Crippen LogP contribution in [-0.2, 0) is 13.5 Å². The fraction of sp³-hybridized carbons (Fsp3) is 0.364. The fourth-order valence-corrected chi connectivity index (χ4v) is 3.08. The molecule has 2 aromatic heterocycles. The number of unbranched alkanes of at least 4 members (excludes halogenated alkanes) is 2. The van der Waals surface area contributed by atoms with Crippen molar-refractivity contribution in [3.05, 3.63) is 70.8 Å². The van der Waals surface area contributed by atoms with Crippen LogP contribution in [-0.4, -0.2) is 29.2 Å². The first-order valence-corrected chi connectivity index (χ1v) is 9.56. The van der Waals surface area contributed by atoms with Crippen LogP contribution in [0.3, 0.4) is 0 Å². The quantitative estimate of drug-likeness (QED) is 0.560. The highest BCUT2D eigenvalue weighted by Crippen LogP contribution is 2.19. The van der Waals surface area contributed by atoms with Gasteiger partial charge in [0.2, 0.25) is 0 Å². The minimum atomic E-state index is 0.00483. The number of hydrogen-bond donors (Lipinski definition) is 1. The minimum absolute atomic E-state index is 0.00483. The van der Waals surface area contributed by atoms with Crippen LogP contribution in [0.25, 0.3) is 10.9 Å². The van der Waals surface area contributed by atoms with Crippen molar-refractivity contribution in [2.45, 2.75) is 25.7 Å². The Morgan fingerprint density at radius 2 is 2.00 bits per heavy atom. The summed E-state index contributed by atoms with van der Waals surface area (Å²) in [4.78, 5) is 15.8. The summed E-state index contributed by atoms with van der Waals surface area (Å²) in [5.41, 5.74) is 2.20. The van der Waals surface area contributed by atoms with Crippen LogP contribution in [0.5, 0.6) is 5.75 Å². The lowest BCUT2D eigenvalue weighted by molar-refractivity contribution is 0.305. The number of nitrogens with one attached hydrogen (secondary N) is 1. The molecule has 3 rings (SSSR count). The molecule has 0 spiro atoms. The van der Waals surface area contributed by atoms with Crippen molar-refractivity contribution in [2.75, 3.05) is 19.7 Å². The van der Waals surface area contributed by atoms with Gasteiger partial charge in [-0.2, -0.15) is 0 Å². The highest BCUT2D eigenvalue weighted by atomic mass is 16.5. The third-order valence-electron chi connectivity index (χ3n) is 4.68. The van der Waals surface area contributed by atoms with Gasteiger partial charge in [0.05, 0.1) is 12.1 Å². The van der Waals surface area contributed by atoms with E-state index in [1.165, 1.54) is 5.56 Å². The molecular formula is C22H27N3O2. The second kappa shape index (κ2) is 9.88. The van der Waals surface area contributed by atoms with Gasteiger partial charge >= 0.3 is 0 Å². The van der Waals surface area contributed by atoms with Crippen LogP contribution in [0.2, 0.25) is 0 Å². The molecule has 0 unspecified atom stereocenters. The number of nitrogens with zero attached hydrogens (tertiary/aromatic N) is 2. The minimum Gasteiger partial charge on any atom is -0.494 e. The first-order chi connectivity index (χ1) is 13.2. The van der Waals surface area contributed by atoms with E-state index in [0.29, 0.717) is 6.61 Å². The second-order valence-corrected chi connectivity index (χ2v) is 6.72. The molecule has 0 bridgehead atoms. The molecule has 1 aromatic carbocycles. The van der Waals surface area contributed by atoms with Crippen LogP contribution in [0, 0.1) is 0 Å². The predicted octanol–water partition coefficient (Wildman–Crippen LogP) is 3.31. The Hall–Kier alpha value is -2.66. The summed E-state index contributed by atoms with van der Waals surface area (Å²) in [6.45, 7) is 2.74. The van der Waals surface area contributed by atoms with Crippen LogP contribution >= 0.6 is 0 Å². The van der Waals surface area contributed by atoms with Gasteiger partial charge in [-0.25, -0.2) is 0 Å². The summed E-state index contributed by atoms with van der Waals surface area (Å²) in [5, 5.41) is 4.50. The van der Waals surface area contributed by atoms with Crippen molar-refractivity contribution >= 4 is 10.9 Å². The summed E-state index contributed by atoms with van der Waals surface area (Å²) < 4.78 is 7.51. The normalized spacial score (nSPS) is 11.0. The molecule has 5 nitrogen and oxygen atoms in total. The maximum atomic E-state index is 11.7. The van der Waals surface area contributed by atoms with Gasteiger partial charge in [-0.05, 0) is 74.7 Å². The average Bonchev–Trinajstić information content (AvgIpc) is 2.70. The second-order valence-electron chi connectivity index (χ2n) is 6.72. The van der Waals surface area contributed by atoms with Crippen molar-refractivity contribution in [1.82, 2.24) is 14.9 Å². The zero-order valence-corrected chi connectivity index (χ0v) is 15.9. The number of hydrogen-bond acceptors (Lipinski definition) is 4. The number of ether oxygens (including phenoxy) is 1. The Morgan fingerprint density at radius 1 is 1.07 bits per heavy atom. The Kier molecular flexibility index (Phi) is 6.99. The van der Waals surface area contributed by atoms with Crippen LogP contribution in [0.4, 0.5) is 0 Å². The fourth-order valence-electron chi connectivity index (χ4n) is 3.08. The van der Waals surface area contributed by atoms with Crippen LogP contribution < -0.4 is 15.6 Å². The van der Waals surface area contributed by atoms with Gasteiger partial charge in [0.1, 0.15) is 5.75 Å². The summed E-state index contributed by atoms with van der Waals surface area (Å²) >= 11 is 0. The van der Waals surface area contributed by atoms with Crippen molar-refractivity contribution in [3.8, 4) is 5.75 Å². The SMILES string of the molecule is Cn1c(=O)ccc2cc(OCCCCCNCCc3cccnc3)ccc21. The molecule has 0 fully saturated rings. The molecule has 0 atom stereocenters. The zero-order chi connectivity index (χ0) is 18.9. The van der Waals surface area contributed by atoms with E-state index in [-0.39, 0.29) is 5.56 Å².